The molecule has 0 bridgehead atoms. The van der Waals surface area contributed by atoms with E-state index >= 15 is 0 Å². The van der Waals surface area contributed by atoms with Crippen molar-refractivity contribution in [2.75, 3.05) is 0 Å². The SMILES string of the molecule is Cc1nccc2c1c(=O)n(C)c1cc(ON(C(=O)OC(C)(C)C)C(C)CC(C)C)c(C=O)cc21. The van der Waals surface area contributed by atoms with E-state index in [1.165, 1.54) is 9.63 Å². The highest BCUT2D eigenvalue weighted by Crippen LogP contribution is 2.31. The van der Waals surface area contributed by atoms with E-state index in [1.54, 1.807) is 59.1 Å². The topological polar surface area (TPSA) is 90.7 Å². The number of benzene rings is 1. The summed E-state index contributed by atoms with van der Waals surface area (Å²) in [6, 6.07) is 4.74. The molecule has 0 radical (unpaired) electrons. The summed E-state index contributed by atoms with van der Waals surface area (Å²) in [5.41, 5.74) is 0.528. The lowest BCUT2D eigenvalue weighted by Crippen LogP contribution is -2.45. The normalized spacial score (nSPS) is 12.7. The Hall–Kier alpha value is -3.42. The molecular formula is C26H33N3O5. The fourth-order valence-electron chi connectivity index (χ4n) is 4.09. The Morgan fingerprint density at radius 3 is 2.47 bits per heavy atom. The van der Waals surface area contributed by atoms with E-state index in [0.717, 1.165) is 5.39 Å². The van der Waals surface area contributed by atoms with Gasteiger partial charge in [-0.1, -0.05) is 13.8 Å². The van der Waals surface area contributed by atoms with Crippen LogP contribution in [0.4, 0.5) is 4.79 Å². The van der Waals surface area contributed by atoms with Crippen LogP contribution in [0.2, 0.25) is 0 Å². The number of aromatic nitrogens is 2. The van der Waals surface area contributed by atoms with Gasteiger partial charge in [0.05, 0.1) is 28.2 Å². The molecule has 0 aliphatic carbocycles. The number of aldehydes is 1. The third-order valence-electron chi connectivity index (χ3n) is 5.55. The van der Waals surface area contributed by atoms with Crippen LogP contribution in [0.25, 0.3) is 21.7 Å². The van der Waals surface area contributed by atoms with Gasteiger partial charge in [0, 0.05) is 24.7 Å². The van der Waals surface area contributed by atoms with Gasteiger partial charge in [-0.25, -0.2) is 4.79 Å². The molecule has 1 aromatic carbocycles. The smallest absolute Gasteiger partial charge is 0.442 e. The molecule has 1 unspecified atom stereocenters. The van der Waals surface area contributed by atoms with Gasteiger partial charge in [0.2, 0.25) is 0 Å². The van der Waals surface area contributed by atoms with E-state index < -0.39 is 11.7 Å². The number of aryl methyl sites for hydroxylation is 2. The summed E-state index contributed by atoms with van der Waals surface area (Å²) < 4.78 is 7.06. The molecule has 2 heterocycles. The van der Waals surface area contributed by atoms with Crippen LogP contribution in [0, 0.1) is 12.8 Å². The van der Waals surface area contributed by atoms with Crippen LogP contribution in [0.15, 0.2) is 29.2 Å². The van der Waals surface area contributed by atoms with Gasteiger partial charge in [-0.05, 0) is 64.5 Å². The predicted molar refractivity (Wildman–Crippen MR) is 132 cm³/mol. The number of carbonyl (C=O) groups is 2. The van der Waals surface area contributed by atoms with Crippen LogP contribution in [0.5, 0.6) is 5.75 Å². The van der Waals surface area contributed by atoms with Gasteiger partial charge >= 0.3 is 6.09 Å². The fraction of sp³-hybridized carbons (Fsp3) is 0.462. The van der Waals surface area contributed by atoms with Crippen molar-refractivity contribution in [3.63, 3.8) is 0 Å². The summed E-state index contributed by atoms with van der Waals surface area (Å²) in [4.78, 5) is 48.4. The third-order valence-corrected chi connectivity index (χ3v) is 5.55. The Kier molecular flexibility index (Phi) is 7.00. The standard InChI is InChI=1S/C26H33N3O5/c1-15(2)11-16(3)29(25(32)33-26(5,6)7)34-22-13-21-20(12-18(22)14-30)19-9-10-27-17(4)23(19)24(31)28(21)8/h9-10,12-16H,11H2,1-8H3. The highest BCUT2D eigenvalue weighted by molar-refractivity contribution is 6.08. The first-order valence-electron chi connectivity index (χ1n) is 11.4. The zero-order valence-corrected chi connectivity index (χ0v) is 21.1. The molecule has 0 fully saturated rings. The Morgan fingerprint density at radius 2 is 1.88 bits per heavy atom. The van der Waals surface area contributed by atoms with Crippen molar-refractivity contribution < 1.29 is 19.2 Å². The van der Waals surface area contributed by atoms with Gasteiger partial charge in [-0.15, -0.1) is 5.06 Å². The monoisotopic (exact) mass is 467 g/mol. The number of ether oxygens (including phenoxy) is 1. The Balaban J connectivity index is 2.19. The second kappa shape index (κ2) is 9.44. The number of nitrogens with zero attached hydrogens (tertiary/aromatic N) is 3. The molecule has 0 aliphatic heterocycles. The van der Waals surface area contributed by atoms with Crippen LogP contribution in [0.1, 0.15) is 64.0 Å². The van der Waals surface area contributed by atoms with Crippen molar-refractivity contribution in [3.05, 3.63) is 46.0 Å². The molecule has 0 saturated heterocycles. The van der Waals surface area contributed by atoms with Crippen LogP contribution < -0.4 is 10.4 Å². The highest BCUT2D eigenvalue weighted by atomic mass is 16.7. The van der Waals surface area contributed by atoms with Crippen LogP contribution in [-0.2, 0) is 11.8 Å². The lowest BCUT2D eigenvalue weighted by molar-refractivity contribution is -0.0968. The van der Waals surface area contributed by atoms with Gasteiger partial charge in [0.1, 0.15) is 5.60 Å². The molecular weight excluding hydrogens is 434 g/mol. The summed E-state index contributed by atoms with van der Waals surface area (Å²) in [5.74, 6) is 0.471. The highest BCUT2D eigenvalue weighted by Gasteiger charge is 2.30. The molecule has 8 heteroatoms. The third kappa shape index (κ3) is 5.05. The number of fused-ring (bicyclic) bond motifs is 3. The maximum atomic E-state index is 13.1. The predicted octanol–water partition coefficient (Wildman–Crippen LogP) is 5.17. The second-order valence-corrected chi connectivity index (χ2v) is 10.1. The molecule has 3 aromatic rings. The van der Waals surface area contributed by atoms with Gasteiger partial charge in [0.15, 0.2) is 12.0 Å². The van der Waals surface area contributed by atoms with Gasteiger partial charge in [-0.2, -0.15) is 0 Å². The lowest BCUT2D eigenvalue weighted by Gasteiger charge is -2.32. The van der Waals surface area contributed by atoms with Crippen molar-refractivity contribution >= 4 is 34.1 Å². The van der Waals surface area contributed by atoms with E-state index in [0.29, 0.717) is 40.6 Å². The number of carbonyl (C=O) groups excluding carboxylic acids is 2. The van der Waals surface area contributed by atoms with Crippen molar-refractivity contribution in [1.82, 2.24) is 14.6 Å². The summed E-state index contributed by atoms with van der Waals surface area (Å²) >= 11 is 0. The number of hydroxylamine groups is 2. The van der Waals surface area contributed by atoms with Crippen molar-refractivity contribution in [2.24, 2.45) is 13.0 Å². The molecule has 0 saturated carbocycles. The van der Waals surface area contributed by atoms with Crippen LogP contribution in [-0.4, -0.2) is 38.6 Å². The summed E-state index contributed by atoms with van der Waals surface area (Å²) in [6.07, 6.45) is 2.34. The number of pyridine rings is 2. The van der Waals surface area contributed by atoms with Crippen LogP contribution >= 0.6 is 0 Å². The molecule has 182 valence electrons. The average molecular weight is 468 g/mol. The van der Waals surface area contributed by atoms with Gasteiger partial charge in [-0.3, -0.25) is 14.6 Å². The number of hydrogen-bond donors (Lipinski definition) is 0. The minimum atomic E-state index is -0.720. The van der Waals surface area contributed by atoms with E-state index in [9.17, 15) is 14.4 Å². The molecule has 0 aliphatic rings. The first-order valence-corrected chi connectivity index (χ1v) is 11.4. The molecule has 1 amide bonds. The Labute approximate surface area is 199 Å². The number of hydrogen-bond acceptors (Lipinski definition) is 6. The summed E-state index contributed by atoms with van der Waals surface area (Å²) in [6.45, 7) is 13.1. The maximum Gasteiger partial charge on any atom is 0.443 e. The molecule has 0 spiro atoms. The molecule has 8 nitrogen and oxygen atoms in total. The minimum absolute atomic E-state index is 0.170. The minimum Gasteiger partial charge on any atom is -0.442 e. The first-order chi connectivity index (χ1) is 15.8. The Morgan fingerprint density at radius 1 is 1.21 bits per heavy atom. The van der Waals surface area contributed by atoms with Gasteiger partial charge in [0.25, 0.3) is 5.56 Å². The number of amides is 1. The van der Waals surface area contributed by atoms with E-state index in [1.807, 2.05) is 20.8 Å². The zero-order valence-electron chi connectivity index (χ0n) is 21.1. The molecule has 2 aromatic heterocycles. The second-order valence-electron chi connectivity index (χ2n) is 10.1. The fourth-order valence-corrected chi connectivity index (χ4v) is 4.09. The lowest BCUT2D eigenvalue weighted by atomic mass is 10.0. The maximum absolute atomic E-state index is 13.1. The van der Waals surface area contributed by atoms with Gasteiger partial charge < -0.3 is 14.1 Å². The Bertz CT molecular complexity index is 1300. The van der Waals surface area contributed by atoms with Crippen molar-refractivity contribution in [3.8, 4) is 5.75 Å². The van der Waals surface area contributed by atoms with Crippen molar-refractivity contribution in [2.45, 2.75) is 66.5 Å². The molecule has 0 N–H and O–H groups in total. The molecule has 3 rings (SSSR count). The van der Waals surface area contributed by atoms with E-state index in [-0.39, 0.29) is 22.9 Å². The summed E-state index contributed by atoms with van der Waals surface area (Å²) in [5, 5.41) is 3.10. The van der Waals surface area contributed by atoms with Crippen LogP contribution in [0.3, 0.4) is 0 Å². The summed E-state index contributed by atoms with van der Waals surface area (Å²) in [7, 11) is 1.66. The largest absolute Gasteiger partial charge is 0.443 e. The molecule has 1 atom stereocenters. The molecule has 34 heavy (non-hydrogen) atoms. The number of rotatable bonds is 6. The first kappa shape index (κ1) is 25.2. The van der Waals surface area contributed by atoms with E-state index in [4.69, 9.17) is 9.57 Å². The average Bonchev–Trinajstić information content (AvgIpc) is 2.73. The van der Waals surface area contributed by atoms with Crippen molar-refractivity contribution in [1.29, 1.82) is 0 Å². The quantitative estimate of drug-likeness (QED) is 0.282. The van der Waals surface area contributed by atoms with E-state index in [2.05, 4.69) is 4.98 Å². The zero-order chi connectivity index (χ0) is 25.4.